The summed E-state index contributed by atoms with van der Waals surface area (Å²) in [5, 5.41) is 0. The fourth-order valence-corrected chi connectivity index (χ4v) is 3.93. The average molecular weight is 236 g/mol. The molecule has 2 heterocycles. The van der Waals surface area contributed by atoms with Gasteiger partial charge in [-0.05, 0) is 51.3 Å². The van der Waals surface area contributed by atoms with Crippen LogP contribution in [0.3, 0.4) is 0 Å². The lowest BCUT2D eigenvalue weighted by Gasteiger charge is -2.39. The zero-order valence-corrected chi connectivity index (χ0v) is 10.7. The standard InChI is InChI=1S/C13H20N2S/c1-9-4-7-12(16-9)13-11(14)3-2-8-15(13)10-5-6-10/h4,7,10-11,13H,2-3,5-6,8,14H2,1H3. The van der Waals surface area contributed by atoms with Crippen molar-refractivity contribution < 1.29 is 0 Å². The van der Waals surface area contributed by atoms with E-state index in [-0.39, 0.29) is 0 Å². The highest BCUT2D eigenvalue weighted by atomic mass is 32.1. The van der Waals surface area contributed by atoms with E-state index in [0.717, 1.165) is 6.04 Å². The predicted octanol–water partition coefficient (Wildman–Crippen LogP) is 2.68. The first-order valence-electron chi connectivity index (χ1n) is 6.33. The minimum absolute atomic E-state index is 0.340. The Bertz CT molecular complexity index is 370. The molecule has 2 nitrogen and oxygen atoms in total. The lowest BCUT2D eigenvalue weighted by Crippen LogP contribution is -2.46. The van der Waals surface area contributed by atoms with Crippen molar-refractivity contribution in [3.05, 3.63) is 21.9 Å². The van der Waals surface area contributed by atoms with Crippen LogP contribution < -0.4 is 5.73 Å². The van der Waals surface area contributed by atoms with Gasteiger partial charge in [0, 0.05) is 21.8 Å². The van der Waals surface area contributed by atoms with Crippen molar-refractivity contribution in [2.24, 2.45) is 5.73 Å². The molecule has 2 unspecified atom stereocenters. The highest BCUT2D eigenvalue weighted by Crippen LogP contribution is 2.41. The van der Waals surface area contributed by atoms with Gasteiger partial charge in [0.25, 0.3) is 0 Å². The van der Waals surface area contributed by atoms with Crippen molar-refractivity contribution in [2.45, 2.75) is 50.7 Å². The molecule has 1 saturated carbocycles. The Morgan fingerprint density at radius 1 is 1.31 bits per heavy atom. The van der Waals surface area contributed by atoms with E-state index in [1.807, 2.05) is 11.3 Å². The monoisotopic (exact) mass is 236 g/mol. The van der Waals surface area contributed by atoms with Crippen LogP contribution in [-0.4, -0.2) is 23.5 Å². The summed E-state index contributed by atoms with van der Waals surface area (Å²) in [6.45, 7) is 3.43. The summed E-state index contributed by atoms with van der Waals surface area (Å²) in [7, 11) is 0. The molecule has 3 heteroatoms. The highest BCUT2D eigenvalue weighted by molar-refractivity contribution is 7.12. The molecule has 88 valence electrons. The maximum absolute atomic E-state index is 6.34. The van der Waals surface area contributed by atoms with Crippen LogP contribution in [0.2, 0.25) is 0 Å². The molecule has 3 rings (SSSR count). The van der Waals surface area contributed by atoms with Crippen LogP contribution in [0.25, 0.3) is 0 Å². The van der Waals surface area contributed by atoms with Crippen LogP contribution in [0.5, 0.6) is 0 Å². The number of piperidine rings is 1. The van der Waals surface area contributed by atoms with Gasteiger partial charge in [0.2, 0.25) is 0 Å². The number of aryl methyl sites for hydroxylation is 1. The molecule has 0 aromatic carbocycles. The van der Waals surface area contributed by atoms with Crippen LogP contribution in [0.1, 0.15) is 41.5 Å². The Labute approximate surface area is 101 Å². The van der Waals surface area contributed by atoms with Crippen LogP contribution in [0, 0.1) is 6.92 Å². The second-order valence-electron chi connectivity index (χ2n) is 5.17. The van der Waals surface area contributed by atoms with E-state index < -0.39 is 0 Å². The second kappa shape index (κ2) is 4.13. The normalized spacial score (nSPS) is 31.9. The molecule has 0 amide bonds. The fourth-order valence-electron chi connectivity index (χ4n) is 2.86. The van der Waals surface area contributed by atoms with Crippen molar-refractivity contribution in [2.75, 3.05) is 6.54 Å². The molecule has 1 aromatic rings. The molecule has 2 N–H and O–H groups in total. The number of likely N-dealkylation sites (tertiary alicyclic amines) is 1. The van der Waals surface area contributed by atoms with E-state index in [2.05, 4.69) is 24.0 Å². The van der Waals surface area contributed by atoms with Gasteiger partial charge in [-0.2, -0.15) is 0 Å². The van der Waals surface area contributed by atoms with Gasteiger partial charge in [-0.3, -0.25) is 4.90 Å². The summed E-state index contributed by atoms with van der Waals surface area (Å²) in [5.41, 5.74) is 6.34. The zero-order valence-electron chi connectivity index (χ0n) is 9.86. The zero-order chi connectivity index (χ0) is 11.1. The Morgan fingerprint density at radius 3 is 2.75 bits per heavy atom. The minimum atomic E-state index is 0.340. The molecule has 1 aliphatic heterocycles. The van der Waals surface area contributed by atoms with Crippen LogP contribution in [0.4, 0.5) is 0 Å². The van der Waals surface area contributed by atoms with Crippen LogP contribution >= 0.6 is 11.3 Å². The number of rotatable bonds is 2. The minimum Gasteiger partial charge on any atom is -0.326 e. The lowest BCUT2D eigenvalue weighted by molar-refractivity contribution is 0.122. The van der Waals surface area contributed by atoms with Crippen molar-refractivity contribution in [3.8, 4) is 0 Å². The molecule has 1 aromatic heterocycles. The van der Waals surface area contributed by atoms with Crippen molar-refractivity contribution >= 4 is 11.3 Å². The highest BCUT2D eigenvalue weighted by Gasteiger charge is 2.39. The molecule has 2 atom stereocenters. The second-order valence-corrected chi connectivity index (χ2v) is 6.49. The molecule has 2 fully saturated rings. The van der Waals surface area contributed by atoms with Gasteiger partial charge in [-0.1, -0.05) is 0 Å². The molecule has 1 aliphatic carbocycles. The van der Waals surface area contributed by atoms with Gasteiger partial charge in [0.15, 0.2) is 0 Å². The summed E-state index contributed by atoms with van der Waals surface area (Å²) in [6.07, 6.45) is 5.23. The third kappa shape index (κ3) is 1.92. The third-order valence-corrected chi connectivity index (χ3v) is 4.86. The van der Waals surface area contributed by atoms with Crippen LogP contribution in [0.15, 0.2) is 12.1 Å². The van der Waals surface area contributed by atoms with E-state index in [9.17, 15) is 0 Å². The molecular weight excluding hydrogens is 216 g/mol. The van der Waals surface area contributed by atoms with Crippen LogP contribution in [-0.2, 0) is 0 Å². The maximum Gasteiger partial charge on any atom is 0.0595 e. The van der Waals surface area contributed by atoms with Crippen molar-refractivity contribution in [1.82, 2.24) is 4.90 Å². The first-order valence-corrected chi connectivity index (χ1v) is 7.15. The van der Waals surface area contributed by atoms with Gasteiger partial charge in [-0.15, -0.1) is 11.3 Å². The molecule has 1 saturated heterocycles. The smallest absolute Gasteiger partial charge is 0.0595 e. The van der Waals surface area contributed by atoms with Gasteiger partial charge in [0.1, 0.15) is 0 Å². The van der Waals surface area contributed by atoms with Gasteiger partial charge in [-0.25, -0.2) is 0 Å². The number of nitrogens with two attached hydrogens (primary N) is 1. The van der Waals surface area contributed by atoms with Crippen molar-refractivity contribution in [1.29, 1.82) is 0 Å². The Balaban J connectivity index is 1.87. The average Bonchev–Trinajstić information content (AvgIpc) is 3.02. The van der Waals surface area contributed by atoms with E-state index in [4.69, 9.17) is 5.73 Å². The van der Waals surface area contributed by atoms with E-state index in [1.165, 1.54) is 42.0 Å². The first-order chi connectivity index (χ1) is 7.75. The third-order valence-electron chi connectivity index (χ3n) is 3.79. The maximum atomic E-state index is 6.34. The predicted molar refractivity (Wildman–Crippen MR) is 68.7 cm³/mol. The Hall–Kier alpha value is -0.380. The summed E-state index contributed by atoms with van der Waals surface area (Å²) in [6, 6.07) is 6.18. The first kappa shape index (κ1) is 10.8. The Morgan fingerprint density at radius 2 is 2.12 bits per heavy atom. The fraction of sp³-hybridized carbons (Fsp3) is 0.692. The quantitative estimate of drug-likeness (QED) is 0.855. The molecular formula is C13H20N2S. The van der Waals surface area contributed by atoms with E-state index in [0.29, 0.717) is 12.1 Å². The van der Waals surface area contributed by atoms with Gasteiger partial charge in [0.05, 0.1) is 6.04 Å². The molecule has 0 bridgehead atoms. The lowest BCUT2D eigenvalue weighted by atomic mass is 9.95. The SMILES string of the molecule is Cc1ccc(C2C(N)CCCN2C2CC2)s1. The number of thiophene rings is 1. The van der Waals surface area contributed by atoms with Crippen molar-refractivity contribution in [3.63, 3.8) is 0 Å². The summed E-state index contributed by atoms with van der Waals surface area (Å²) in [4.78, 5) is 5.56. The molecule has 16 heavy (non-hydrogen) atoms. The van der Waals surface area contributed by atoms with E-state index >= 15 is 0 Å². The van der Waals surface area contributed by atoms with Gasteiger partial charge >= 0.3 is 0 Å². The summed E-state index contributed by atoms with van der Waals surface area (Å²) in [5.74, 6) is 0. The molecule has 0 spiro atoms. The number of hydrogen-bond acceptors (Lipinski definition) is 3. The Kier molecular flexibility index (Phi) is 2.78. The largest absolute Gasteiger partial charge is 0.326 e. The summed E-state index contributed by atoms with van der Waals surface area (Å²) < 4.78 is 0. The summed E-state index contributed by atoms with van der Waals surface area (Å²) >= 11 is 1.93. The van der Waals surface area contributed by atoms with E-state index in [1.54, 1.807) is 0 Å². The molecule has 0 radical (unpaired) electrons. The van der Waals surface area contributed by atoms with Gasteiger partial charge < -0.3 is 5.73 Å². The number of nitrogens with zero attached hydrogens (tertiary/aromatic N) is 1. The molecule has 2 aliphatic rings. The topological polar surface area (TPSA) is 29.3 Å². The number of hydrogen-bond donors (Lipinski definition) is 1.